The van der Waals surface area contributed by atoms with Crippen LogP contribution in [0.4, 0.5) is 0 Å². The summed E-state index contributed by atoms with van der Waals surface area (Å²) in [5.41, 5.74) is 0.961. The lowest BCUT2D eigenvalue weighted by molar-refractivity contribution is 0.0902. The lowest BCUT2D eigenvalue weighted by atomic mass is 10.2. The highest BCUT2D eigenvalue weighted by atomic mass is 35.5. The first-order valence-electron chi connectivity index (χ1n) is 6.30. The van der Waals surface area contributed by atoms with Gasteiger partial charge in [-0.2, -0.15) is 0 Å². The predicted molar refractivity (Wildman–Crippen MR) is 71.6 cm³/mol. The van der Waals surface area contributed by atoms with Crippen LogP contribution in [0.5, 0.6) is 11.5 Å². The normalized spacial score (nSPS) is 18.9. The Morgan fingerprint density at radius 2 is 2.33 bits per heavy atom. The molecule has 18 heavy (non-hydrogen) atoms. The van der Waals surface area contributed by atoms with Crippen molar-refractivity contribution >= 4 is 11.6 Å². The number of rotatable bonds is 6. The standard InChI is InChI=1S/C14H19ClO3/c1-16-13-4-5-14(11(9-13)10-15)18-8-6-12-3-2-7-17-12/h4-5,9,12H,2-3,6-8,10H2,1H3. The minimum Gasteiger partial charge on any atom is -0.497 e. The maximum atomic E-state index is 5.91. The molecule has 3 nitrogen and oxygen atoms in total. The molecule has 1 aromatic carbocycles. The average molecular weight is 271 g/mol. The van der Waals surface area contributed by atoms with Gasteiger partial charge in [0, 0.05) is 18.6 Å². The van der Waals surface area contributed by atoms with Crippen LogP contribution in [-0.2, 0) is 10.6 Å². The molecule has 1 aromatic rings. The number of ether oxygens (including phenoxy) is 3. The van der Waals surface area contributed by atoms with E-state index in [0.29, 0.717) is 18.6 Å². The Labute approximate surface area is 113 Å². The summed E-state index contributed by atoms with van der Waals surface area (Å²) in [5, 5.41) is 0. The molecule has 1 unspecified atom stereocenters. The lowest BCUT2D eigenvalue weighted by Crippen LogP contribution is -2.11. The van der Waals surface area contributed by atoms with Gasteiger partial charge in [-0.1, -0.05) is 0 Å². The molecule has 4 heteroatoms. The van der Waals surface area contributed by atoms with Gasteiger partial charge in [0.15, 0.2) is 0 Å². The molecule has 0 amide bonds. The first-order chi connectivity index (χ1) is 8.83. The number of benzene rings is 1. The molecule has 0 saturated carbocycles. The molecular formula is C14H19ClO3. The first kappa shape index (κ1) is 13.5. The summed E-state index contributed by atoms with van der Waals surface area (Å²) in [7, 11) is 1.64. The van der Waals surface area contributed by atoms with Crippen molar-refractivity contribution in [2.45, 2.75) is 31.2 Å². The minimum atomic E-state index is 0.364. The molecule has 0 N–H and O–H groups in total. The van der Waals surface area contributed by atoms with E-state index in [1.165, 1.54) is 6.42 Å². The fraction of sp³-hybridized carbons (Fsp3) is 0.571. The fourth-order valence-electron chi connectivity index (χ4n) is 2.10. The second kappa shape index (κ2) is 6.86. The van der Waals surface area contributed by atoms with E-state index < -0.39 is 0 Å². The molecule has 1 fully saturated rings. The number of alkyl halides is 1. The van der Waals surface area contributed by atoms with Crippen molar-refractivity contribution < 1.29 is 14.2 Å². The molecule has 1 atom stereocenters. The summed E-state index contributed by atoms with van der Waals surface area (Å²) in [6.45, 7) is 1.56. The molecule has 0 aromatic heterocycles. The van der Waals surface area contributed by atoms with E-state index in [-0.39, 0.29) is 0 Å². The van der Waals surface area contributed by atoms with E-state index in [9.17, 15) is 0 Å². The Kier molecular flexibility index (Phi) is 5.14. The van der Waals surface area contributed by atoms with Crippen LogP contribution < -0.4 is 9.47 Å². The molecule has 1 aliphatic heterocycles. The van der Waals surface area contributed by atoms with Gasteiger partial charge in [0.25, 0.3) is 0 Å². The van der Waals surface area contributed by atoms with Gasteiger partial charge in [0.2, 0.25) is 0 Å². The summed E-state index contributed by atoms with van der Waals surface area (Å²) < 4.78 is 16.5. The maximum Gasteiger partial charge on any atom is 0.123 e. The SMILES string of the molecule is COc1ccc(OCCC2CCCO2)c(CCl)c1. The van der Waals surface area contributed by atoms with Gasteiger partial charge in [-0.25, -0.2) is 0 Å². The van der Waals surface area contributed by atoms with Crippen LogP contribution in [0.2, 0.25) is 0 Å². The Morgan fingerprint density at radius 3 is 3.00 bits per heavy atom. The topological polar surface area (TPSA) is 27.7 Å². The molecule has 100 valence electrons. The lowest BCUT2D eigenvalue weighted by Gasteiger charge is -2.13. The van der Waals surface area contributed by atoms with Crippen LogP contribution in [0.3, 0.4) is 0 Å². The Balaban J connectivity index is 1.87. The molecule has 1 aliphatic rings. The number of hydrogen-bond donors (Lipinski definition) is 0. The van der Waals surface area contributed by atoms with Crippen LogP contribution >= 0.6 is 11.6 Å². The van der Waals surface area contributed by atoms with Crippen molar-refractivity contribution in [1.29, 1.82) is 0 Å². The first-order valence-corrected chi connectivity index (χ1v) is 6.84. The second-order valence-corrected chi connectivity index (χ2v) is 4.65. The zero-order valence-electron chi connectivity index (χ0n) is 10.7. The molecule has 1 saturated heterocycles. The minimum absolute atomic E-state index is 0.364. The van der Waals surface area contributed by atoms with Crippen LogP contribution in [0.25, 0.3) is 0 Å². The second-order valence-electron chi connectivity index (χ2n) is 4.38. The average Bonchev–Trinajstić information content (AvgIpc) is 2.92. The predicted octanol–water partition coefficient (Wildman–Crippen LogP) is 3.38. The number of hydrogen-bond acceptors (Lipinski definition) is 3. The maximum absolute atomic E-state index is 5.91. The van der Waals surface area contributed by atoms with Crippen LogP contribution in [-0.4, -0.2) is 26.4 Å². The van der Waals surface area contributed by atoms with Gasteiger partial charge in [-0.05, 0) is 31.0 Å². The smallest absolute Gasteiger partial charge is 0.123 e. The zero-order valence-corrected chi connectivity index (χ0v) is 11.4. The highest BCUT2D eigenvalue weighted by Gasteiger charge is 2.15. The third-order valence-corrected chi connectivity index (χ3v) is 3.42. The molecule has 0 bridgehead atoms. The van der Waals surface area contributed by atoms with E-state index in [1.54, 1.807) is 7.11 Å². The van der Waals surface area contributed by atoms with Gasteiger partial charge in [-0.15, -0.1) is 11.6 Å². The zero-order chi connectivity index (χ0) is 12.8. The molecule has 0 aliphatic carbocycles. The van der Waals surface area contributed by atoms with Crippen molar-refractivity contribution in [2.75, 3.05) is 20.3 Å². The van der Waals surface area contributed by atoms with E-state index in [1.807, 2.05) is 18.2 Å². The summed E-state index contributed by atoms with van der Waals surface area (Å²) in [6, 6.07) is 5.71. The highest BCUT2D eigenvalue weighted by Crippen LogP contribution is 2.26. The number of methoxy groups -OCH3 is 1. The molecule has 0 radical (unpaired) electrons. The van der Waals surface area contributed by atoms with E-state index in [2.05, 4.69) is 0 Å². The van der Waals surface area contributed by atoms with Crippen LogP contribution in [0, 0.1) is 0 Å². The van der Waals surface area contributed by atoms with Gasteiger partial charge in [0.05, 0.1) is 25.7 Å². The third kappa shape index (κ3) is 3.53. The monoisotopic (exact) mass is 270 g/mol. The largest absolute Gasteiger partial charge is 0.497 e. The summed E-state index contributed by atoms with van der Waals surface area (Å²) in [4.78, 5) is 0. The van der Waals surface area contributed by atoms with Crippen molar-refractivity contribution in [3.05, 3.63) is 23.8 Å². The third-order valence-electron chi connectivity index (χ3n) is 3.13. The van der Waals surface area contributed by atoms with E-state index in [0.717, 1.165) is 36.5 Å². The summed E-state index contributed by atoms with van der Waals surface area (Å²) >= 11 is 5.91. The van der Waals surface area contributed by atoms with E-state index in [4.69, 9.17) is 25.8 Å². The van der Waals surface area contributed by atoms with Crippen molar-refractivity contribution in [3.63, 3.8) is 0 Å². The van der Waals surface area contributed by atoms with Crippen LogP contribution in [0.1, 0.15) is 24.8 Å². The quantitative estimate of drug-likeness (QED) is 0.742. The fourth-order valence-corrected chi connectivity index (χ4v) is 2.31. The van der Waals surface area contributed by atoms with Crippen molar-refractivity contribution in [2.24, 2.45) is 0 Å². The van der Waals surface area contributed by atoms with Gasteiger partial charge in [-0.3, -0.25) is 0 Å². The Bertz CT molecular complexity index is 375. The number of halogens is 1. The highest BCUT2D eigenvalue weighted by molar-refractivity contribution is 6.17. The van der Waals surface area contributed by atoms with Gasteiger partial charge in [0.1, 0.15) is 11.5 Å². The van der Waals surface area contributed by atoms with Gasteiger partial charge < -0.3 is 14.2 Å². The molecular weight excluding hydrogens is 252 g/mol. The molecule has 0 spiro atoms. The Morgan fingerprint density at radius 1 is 1.44 bits per heavy atom. The summed E-state index contributed by atoms with van der Waals surface area (Å²) in [5.74, 6) is 2.06. The van der Waals surface area contributed by atoms with Crippen molar-refractivity contribution in [3.8, 4) is 11.5 Å². The van der Waals surface area contributed by atoms with Crippen molar-refractivity contribution in [1.82, 2.24) is 0 Å². The van der Waals surface area contributed by atoms with Crippen LogP contribution in [0.15, 0.2) is 18.2 Å². The Hall–Kier alpha value is -0.930. The molecule has 2 rings (SSSR count). The summed E-state index contributed by atoms with van der Waals surface area (Å²) in [6.07, 6.45) is 3.62. The van der Waals surface area contributed by atoms with E-state index >= 15 is 0 Å². The molecule has 1 heterocycles. The van der Waals surface area contributed by atoms with Gasteiger partial charge >= 0.3 is 0 Å².